The van der Waals surface area contributed by atoms with Gasteiger partial charge in [0.2, 0.25) is 0 Å². The van der Waals surface area contributed by atoms with Crippen molar-refractivity contribution in [1.82, 2.24) is 4.31 Å². The van der Waals surface area contributed by atoms with Crippen molar-refractivity contribution < 1.29 is 8.42 Å². The molecule has 0 spiro atoms. The quantitative estimate of drug-likeness (QED) is 0.943. The minimum atomic E-state index is -3.70. The van der Waals surface area contributed by atoms with Gasteiger partial charge < -0.3 is 0 Å². The van der Waals surface area contributed by atoms with E-state index in [-0.39, 0.29) is 6.04 Å². The Morgan fingerprint density at radius 1 is 1.05 bits per heavy atom. The lowest BCUT2D eigenvalue weighted by atomic mass is 9.90. The van der Waals surface area contributed by atoms with Crippen LogP contribution in [-0.4, -0.2) is 19.3 Å². The van der Waals surface area contributed by atoms with Crippen LogP contribution < -0.4 is 5.14 Å². The lowest BCUT2D eigenvalue weighted by molar-refractivity contribution is 0.306. The SMILES string of the molecule is NS(=O)(=O)N1CCc2ccccc2C1Cc1ccccc1. The summed E-state index contributed by atoms with van der Waals surface area (Å²) in [7, 11) is -3.70. The van der Waals surface area contributed by atoms with Crippen molar-refractivity contribution in [2.45, 2.75) is 18.9 Å². The first-order chi connectivity index (χ1) is 10.1. The molecule has 3 rings (SSSR count). The minimum Gasteiger partial charge on any atom is -0.216 e. The maximum absolute atomic E-state index is 11.9. The van der Waals surface area contributed by atoms with Gasteiger partial charge in [-0.1, -0.05) is 54.6 Å². The Bertz CT molecular complexity index is 729. The smallest absolute Gasteiger partial charge is 0.216 e. The van der Waals surface area contributed by atoms with E-state index in [9.17, 15) is 8.42 Å². The summed E-state index contributed by atoms with van der Waals surface area (Å²) in [4.78, 5) is 0. The zero-order valence-electron chi connectivity index (χ0n) is 11.6. The van der Waals surface area contributed by atoms with E-state index in [1.54, 1.807) is 0 Å². The predicted octanol–water partition coefficient (Wildman–Crippen LogP) is 2.03. The highest BCUT2D eigenvalue weighted by Crippen LogP contribution is 2.33. The van der Waals surface area contributed by atoms with Crippen LogP contribution in [0.5, 0.6) is 0 Å². The van der Waals surface area contributed by atoms with Crippen LogP contribution in [0.2, 0.25) is 0 Å². The number of nitrogens with zero attached hydrogens (tertiary/aromatic N) is 1. The highest BCUT2D eigenvalue weighted by Gasteiger charge is 2.33. The fourth-order valence-corrected chi connectivity index (χ4v) is 3.87. The first kappa shape index (κ1) is 14.3. The average molecular weight is 302 g/mol. The molecule has 1 heterocycles. The van der Waals surface area contributed by atoms with Crippen LogP contribution in [0, 0.1) is 0 Å². The highest BCUT2D eigenvalue weighted by atomic mass is 32.2. The maximum atomic E-state index is 11.9. The van der Waals surface area contributed by atoms with Crippen molar-refractivity contribution in [3.63, 3.8) is 0 Å². The number of hydrogen-bond donors (Lipinski definition) is 1. The Morgan fingerprint density at radius 2 is 1.71 bits per heavy atom. The van der Waals surface area contributed by atoms with Crippen LogP contribution in [0.3, 0.4) is 0 Å². The molecule has 2 aromatic rings. The van der Waals surface area contributed by atoms with Crippen molar-refractivity contribution in [3.05, 3.63) is 71.3 Å². The van der Waals surface area contributed by atoms with Crippen LogP contribution in [-0.2, 0) is 23.1 Å². The maximum Gasteiger partial charge on any atom is 0.277 e. The summed E-state index contributed by atoms with van der Waals surface area (Å²) in [5.41, 5.74) is 3.37. The summed E-state index contributed by atoms with van der Waals surface area (Å²) in [5.74, 6) is 0. The summed E-state index contributed by atoms with van der Waals surface area (Å²) >= 11 is 0. The molecule has 4 nitrogen and oxygen atoms in total. The average Bonchev–Trinajstić information content (AvgIpc) is 2.47. The lowest BCUT2D eigenvalue weighted by Gasteiger charge is -2.35. The fraction of sp³-hybridized carbons (Fsp3) is 0.250. The zero-order valence-corrected chi connectivity index (χ0v) is 12.5. The van der Waals surface area contributed by atoms with E-state index in [1.807, 2.05) is 48.5 Å². The Morgan fingerprint density at radius 3 is 2.43 bits per heavy atom. The van der Waals surface area contributed by atoms with Crippen LogP contribution in [0.1, 0.15) is 22.7 Å². The third-order valence-corrected chi connectivity index (χ3v) is 5.05. The van der Waals surface area contributed by atoms with Crippen molar-refractivity contribution in [1.29, 1.82) is 0 Å². The molecule has 0 bridgehead atoms. The molecule has 1 unspecified atom stereocenters. The Hall–Kier alpha value is -1.69. The highest BCUT2D eigenvalue weighted by molar-refractivity contribution is 7.86. The summed E-state index contributed by atoms with van der Waals surface area (Å²) in [6, 6.07) is 17.7. The number of nitrogens with two attached hydrogens (primary N) is 1. The van der Waals surface area contributed by atoms with Gasteiger partial charge in [0.05, 0.1) is 6.04 Å². The van der Waals surface area contributed by atoms with Gasteiger partial charge in [-0.2, -0.15) is 12.7 Å². The van der Waals surface area contributed by atoms with Crippen LogP contribution in [0.25, 0.3) is 0 Å². The van der Waals surface area contributed by atoms with Crippen molar-refractivity contribution in [2.75, 3.05) is 6.54 Å². The number of benzene rings is 2. The van der Waals surface area contributed by atoms with Gasteiger partial charge in [0.15, 0.2) is 0 Å². The van der Waals surface area contributed by atoms with Gasteiger partial charge in [-0.3, -0.25) is 0 Å². The molecule has 0 saturated carbocycles. The van der Waals surface area contributed by atoms with E-state index in [4.69, 9.17) is 5.14 Å². The molecule has 1 aliphatic heterocycles. The van der Waals surface area contributed by atoms with Gasteiger partial charge >= 0.3 is 0 Å². The van der Waals surface area contributed by atoms with E-state index in [0.29, 0.717) is 19.4 Å². The van der Waals surface area contributed by atoms with Crippen molar-refractivity contribution in [2.24, 2.45) is 5.14 Å². The molecular weight excluding hydrogens is 284 g/mol. The van der Waals surface area contributed by atoms with Gasteiger partial charge in [0.1, 0.15) is 0 Å². The number of hydrogen-bond acceptors (Lipinski definition) is 2. The molecule has 0 saturated heterocycles. The van der Waals surface area contributed by atoms with Crippen molar-refractivity contribution >= 4 is 10.2 Å². The lowest BCUT2D eigenvalue weighted by Crippen LogP contribution is -2.44. The summed E-state index contributed by atoms with van der Waals surface area (Å²) in [6.07, 6.45) is 1.34. The predicted molar refractivity (Wildman–Crippen MR) is 82.8 cm³/mol. The molecule has 0 radical (unpaired) electrons. The Kier molecular flexibility index (Phi) is 3.80. The second kappa shape index (κ2) is 5.60. The first-order valence-electron chi connectivity index (χ1n) is 6.97. The Labute approximate surface area is 125 Å². The summed E-state index contributed by atoms with van der Waals surface area (Å²) in [5, 5.41) is 5.41. The molecule has 0 aromatic heterocycles. The van der Waals surface area contributed by atoms with Crippen LogP contribution in [0.4, 0.5) is 0 Å². The topological polar surface area (TPSA) is 63.4 Å². The molecule has 0 amide bonds. The van der Waals surface area contributed by atoms with Gasteiger partial charge in [-0.25, -0.2) is 5.14 Å². The molecule has 0 fully saturated rings. The summed E-state index contributed by atoms with van der Waals surface area (Å²) < 4.78 is 25.2. The van der Waals surface area contributed by atoms with Gasteiger partial charge in [0, 0.05) is 6.54 Å². The normalized spacial score (nSPS) is 19.2. The van der Waals surface area contributed by atoms with E-state index in [0.717, 1.165) is 11.1 Å². The van der Waals surface area contributed by atoms with Gasteiger partial charge in [-0.15, -0.1) is 0 Å². The number of rotatable bonds is 3. The van der Waals surface area contributed by atoms with Crippen LogP contribution >= 0.6 is 0 Å². The molecule has 5 heteroatoms. The van der Waals surface area contributed by atoms with E-state index >= 15 is 0 Å². The standard InChI is InChI=1S/C16H18N2O2S/c17-21(19,20)18-11-10-14-8-4-5-9-15(14)16(18)12-13-6-2-1-3-7-13/h1-9,16H,10-12H2,(H2,17,19,20). The molecule has 0 aliphatic carbocycles. The zero-order chi connectivity index (χ0) is 14.9. The molecule has 2 aromatic carbocycles. The number of fused-ring (bicyclic) bond motifs is 1. The van der Waals surface area contributed by atoms with Gasteiger partial charge in [-0.05, 0) is 29.5 Å². The largest absolute Gasteiger partial charge is 0.277 e. The van der Waals surface area contributed by atoms with E-state index in [1.165, 1.54) is 9.87 Å². The second-order valence-electron chi connectivity index (χ2n) is 5.31. The molecular formula is C16H18N2O2S. The molecule has 21 heavy (non-hydrogen) atoms. The van der Waals surface area contributed by atoms with Gasteiger partial charge in [0.25, 0.3) is 10.2 Å². The third kappa shape index (κ3) is 3.00. The molecule has 1 aliphatic rings. The summed E-state index contributed by atoms with van der Waals surface area (Å²) in [6.45, 7) is 0.438. The molecule has 1 atom stereocenters. The van der Waals surface area contributed by atoms with E-state index in [2.05, 4.69) is 6.07 Å². The van der Waals surface area contributed by atoms with Crippen LogP contribution in [0.15, 0.2) is 54.6 Å². The molecule has 110 valence electrons. The Balaban J connectivity index is 2.02. The minimum absolute atomic E-state index is 0.229. The second-order valence-corrected chi connectivity index (χ2v) is 6.81. The van der Waals surface area contributed by atoms with E-state index < -0.39 is 10.2 Å². The van der Waals surface area contributed by atoms with Crippen molar-refractivity contribution in [3.8, 4) is 0 Å². The monoisotopic (exact) mass is 302 g/mol. The third-order valence-electron chi connectivity index (χ3n) is 3.96. The fourth-order valence-electron chi connectivity index (χ4n) is 2.98. The molecule has 2 N–H and O–H groups in total. The first-order valence-corrected chi connectivity index (χ1v) is 8.47.